The number of nitrogens with zero attached hydrogens (tertiary/aromatic N) is 1. The second kappa shape index (κ2) is 5.13. The Labute approximate surface area is 89.1 Å². The Hall–Kier alpha value is -0.0800. The lowest BCUT2D eigenvalue weighted by Crippen LogP contribution is -2.38. The quantitative estimate of drug-likeness (QED) is 0.731. The highest BCUT2D eigenvalue weighted by Gasteiger charge is 2.21. The molecule has 1 aliphatic rings. The van der Waals surface area contributed by atoms with Gasteiger partial charge in [-0.25, -0.2) is 0 Å². The predicted octanol–water partition coefficient (Wildman–Crippen LogP) is 2.11. The van der Waals surface area contributed by atoms with Crippen molar-refractivity contribution < 1.29 is 0 Å². The van der Waals surface area contributed by atoms with Crippen molar-refractivity contribution in [3.63, 3.8) is 0 Å². The van der Waals surface area contributed by atoms with Crippen molar-refractivity contribution in [2.45, 2.75) is 46.1 Å². The minimum absolute atomic E-state index is 0.425. The molecule has 0 aromatic rings. The highest BCUT2D eigenvalue weighted by molar-refractivity contribution is 4.77. The lowest BCUT2D eigenvalue weighted by atomic mass is 9.94. The molecule has 1 heterocycles. The highest BCUT2D eigenvalue weighted by Crippen LogP contribution is 2.19. The molecule has 84 valence electrons. The molecule has 0 aromatic heterocycles. The van der Waals surface area contributed by atoms with E-state index in [1.807, 2.05) is 0 Å². The number of nitrogens with one attached hydrogen (secondary N) is 1. The molecule has 2 nitrogen and oxygen atoms in total. The van der Waals surface area contributed by atoms with Crippen LogP contribution in [-0.2, 0) is 0 Å². The Morgan fingerprint density at radius 2 is 1.93 bits per heavy atom. The van der Waals surface area contributed by atoms with Crippen LogP contribution in [0.3, 0.4) is 0 Å². The van der Waals surface area contributed by atoms with Gasteiger partial charge in [0.2, 0.25) is 0 Å². The van der Waals surface area contributed by atoms with Crippen molar-refractivity contribution in [2.24, 2.45) is 5.41 Å². The first-order chi connectivity index (χ1) is 6.49. The van der Waals surface area contributed by atoms with Crippen molar-refractivity contribution in [3.8, 4) is 0 Å². The van der Waals surface area contributed by atoms with Gasteiger partial charge in [0.25, 0.3) is 0 Å². The van der Waals surface area contributed by atoms with Gasteiger partial charge in [-0.2, -0.15) is 0 Å². The van der Waals surface area contributed by atoms with Crippen LogP contribution < -0.4 is 5.32 Å². The Kier molecular flexibility index (Phi) is 4.39. The molecular formula is C12H26N2. The van der Waals surface area contributed by atoms with Crippen LogP contribution in [0.25, 0.3) is 0 Å². The fraction of sp³-hybridized carbons (Fsp3) is 1.00. The molecule has 0 radical (unpaired) electrons. The summed E-state index contributed by atoms with van der Waals surface area (Å²) in [5, 5.41) is 3.47. The van der Waals surface area contributed by atoms with E-state index in [9.17, 15) is 0 Å². The van der Waals surface area contributed by atoms with Gasteiger partial charge in [0.05, 0.1) is 0 Å². The van der Waals surface area contributed by atoms with Gasteiger partial charge >= 0.3 is 0 Å². The first-order valence-corrected chi connectivity index (χ1v) is 5.90. The summed E-state index contributed by atoms with van der Waals surface area (Å²) in [5.41, 5.74) is 0.425. The summed E-state index contributed by atoms with van der Waals surface area (Å²) < 4.78 is 0. The van der Waals surface area contributed by atoms with Gasteiger partial charge in [-0.15, -0.1) is 0 Å². The van der Waals surface area contributed by atoms with Crippen molar-refractivity contribution in [1.82, 2.24) is 10.2 Å². The average Bonchev–Trinajstić information content (AvgIpc) is 2.27. The van der Waals surface area contributed by atoms with Gasteiger partial charge in [0.1, 0.15) is 0 Å². The maximum absolute atomic E-state index is 3.47. The summed E-state index contributed by atoms with van der Waals surface area (Å²) in [6.45, 7) is 10.6. The van der Waals surface area contributed by atoms with Gasteiger partial charge in [-0.1, -0.05) is 20.8 Å². The molecule has 14 heavy (non-hydrogen) atoms. The molecule has 0 amide bonds. The molecule has 1 unspecified atom stereocenters. The molecule has 0 aliphatic carbocycles. The van der Waals surface area contributed by atoms with E-state index in [-0.39, 0.29) is 0 Å². The first-order valence-electron chi connectivity index (χ1n) is 5.90. The molecule has 0 aromatic carbocycles. The Balaban J connectivity index is 2.37. The van der Waals surface area contributed by atoms with E-state index in [0.717, 1.165) is 6.04 Å². The van der Waals surface area contributed by atoms with E-state index < -0.39 is 0 Å². The fourth-order valence-corrected chi connectivity index (χ4v) is 2.32. The third kappa shape index (κ3) is 4.43. The third-order valence-corrected chi connectivity index (χ3v) is 2.89. The molecule has 0 spiro atoms. The van der Waals surface area contributed by atoms with Crippen LogP contribution in [0.2, 0.25) is 0 Å². The predicted molar refractivity (Wildman–Crippen MR) is 62.6 cm³/mol. The zero-order valence-corrected chi connectivity index (χ0v) is 10.3. The number of hydrogen-bond donors (Lipinski definition) is 1. The van der Waals surface area contributed by atoms with Crippen LogP contribution >= 0.6 is 0 Å². The molecule has 1 fully saturated rings. The minimum atomic E-state index is 0.425. The minimum Gasteiger partial charge on any atom is -0.317 e. The van der Waals surface area contributed by atoms with Crippen molar-refractivity contribution in [2.75, 3.05) is 26.7 Å². The van der Waals surface area contributed by atoms with E-state index in [0.29, 0.717) is 5.41 Å². The Morgan fingerprint density at radius 1 is 1.21 bits per heavy atom. The summed E-state index contributed by atoms with van der Waals surface area (Å²) in [4.78, 5) is 2.55. The topological polar surface area (TPSA) is 15.3 Å². The summed E-state index contributed by atoms with van der Waals surface area (Å²) in [6, 6.07) is 0.796. The second-order valence-electron chi connectivity index (χ2n) is 5.81. The maximum atomic E-state index is 3.47. The largest absolute Gasteiger partial charge is 0.317 e. The molecule has 1 saturated heterocycles. The zero-order chi connectivity index (χ0) is 10.6. The van der Waals surface area contributed by atoms with Crippen molar-refractivity contribution in [3.05, 3.63) is 0 Å². The average molecular weight is 198 g/mol. The summed E-state index contributed by atoms with van der Waals surface area (Å²) in [5.74, 6) is 0. The molecule has 1 N–H and O–H groups in total. The molecule has 0 saturated carbocycles. The summed E-state index contributed by atoms with van der Waals surface area (Å²) >= 11 is 0. The number of hydrogen-bond acceptors (Lipinski definition) is 2. The van der Waals surface area contributed by atoms with Crippen molar-refractivity contribution >= 4 is 0 Å². The molecule has 1 aliphatic heterocycles. The van der Waals surface area contributed by atoms with Gasteiger partial charge in [-0.05, 0) is 44.8 Å². The van der Waals surface area contributed by atoms with Crippen LogP contribution in [0.4, 0.5) is 0 Å². The Morgan fingerprint density at radius 3 is 2.57 bits per heavy atom. The van der Waals surface area contributed by atoms with E-state index in [1.165, 1.54) is 38.9 Å². The molecule has 0 bridgehead atoms. The monoisotopic (exact) mass is 198 g/mol. The molecular weight excluding hydrogens is 172 g/mol. The highest BCUT2D eigenvalue weighted by atomic mass is 15.1. The number of rotatable bonds is 2. The van der Waals surface area contributed by atoms with Crippen LogP contribution in [0.5, 0.6) is 0 Å². The van der Waals surface area contributed by atoms with E-state index in [1.54, 1.807) is 0 Å². The van der Waals surface area contributed by atoms with Crippen molar-refractivity contribution in [1.29, 1.82) is 0 Å². The van der Waals surface area contributed by atoms with Gasteiger partial charge < -0.3 is 10.2 Å². The standard InChI is InChI=1S/C12H26N2/c1-12(2,3)10-14(4)11-6-5-8-13-9-7-11/h11,13H,5-10H2,1-4H3. The van der Waals surface area contributed by atoms with E-state index >= 15 is 0 Å². The Bertz CT molecular complexity index is 152. The van der Waals surface area contributed by atoms with Crippen LogP contribution in [0.15, 0.2) is 0 Å². The van der Waals surface area contributed by atoms with E-state index in [2.05, 4.69) is 38.0 Å². The summed E-state index contributed by atoms with van der Waals surface area (Å²) in [7, 11) is 2.28. The van der Waals surface area contributed by atoms with Crippen LogP contribution in [0.1, 0.15) is 40.0 Å². The summed E-state index contributed by atoms with van der Waals surface area (Å²) in [6.07, 6.45) is 4.01. The molecule has 1 rings (SSSR count). The van der Waals surface area contributed by atoms with Crippen LogP contribution in [-0.4, -0.2) is 37.6 Å². The second-order valence-corrected chi connectivity index (χ2v) is 5.81. The fourth-order valence-electron chi connectivity index (χ4n) is 2.32. The van der Waals surface area contributed by atoms with E-state index in [4.69, 9.17) is 0 Å². The van der Waals surface area contributed by atoms with Crippen LogP contribution in [0, 0.1) is 5.41 Å². The third-order valence-electron chi connectivity index (χ3n) is 2.89. The molecule has 1 atom stereocenters. The zero-order valence-electron chi connectivity index (χ0n) is 10.3. The first kappa shape index (κ1) is 12.0. The van der Waals surface area contributed by atoms with Gasteiger partial charge in [0, 0.05) is 12.6 Å². The van der Waals surface area contributed by atoms with Gasteiger partial charge in [0.15, 0.2) is 0 Å². The lowest BCUT2D eigenvalue weighted by molar-refractivity contribution is 0.161. The normalized spacial score (nSPS) is 25.1. The smallest absolute Gasteiger partial charge is 0.0105 e. The molecule has 2 heteroatoms. The van der Waals surface area contributed by atoms with Gasteiger partial charge in [-0.3, -0.25) is 0 Å². The maximum Gasteiger partial charge on any atom is 0.0105 e. The SMILES string of the molecule is CN(CC(C)(C)C)C1CCCNCC1. The lowest BCUT2D eigenvalue weighted by Gasteiger charge is -2.32.